The number of likely N-dealkylation sites (tertiary alicyclic amines) is 1. The van der Waals surface area contributed by atoms with Crippen molar-refractivity contribution in [3.8, 4) is 11.5 Å². The predicted molar refractivity (Wildman–Crippen MR) is 115 cm³/mol. The van der Waals surface area contributed by atoms with Gasteiger partial charge in [-0.25, -0.2) is 9.97 Å². The molecule has 1 saturated heterocycles. The molecule has 0 spiro atoms. The maximum absolute atomic E-state index is 13.4. The van der Waals surface area contributed by atoms with Gasteiger partial charge < -0.3 is 10.4 Å². The minimum absolute atomic E-state index is 0.0805. The highest BCUT2D eigenvalue weighted by atomic mass is 19.4. The molecule has 0 bridgehead atoms. The summed E-state index contributed by atoms with van der Waals surface area (Å²) in [6.07, 6.45) is -1.85. The summed E-state index contributed by atoms with van der Waals surface area (Å²) in [5.41, 5.74) is 1.32. The lowest BCUT2D eigenvalue weighted by Gasteiger charge is -2.30. The number of rotatable bonds is 6. The Labute approximate surface area is 184 Å². The van der Waals surface area contributed by atoms with Crippen LogP contribution < -0.4 is 5.32 Å². The quantitative estimate of drug-likeness (QED) is 0.597. The van der Waals surface area contributed by atoms with E-state index in [1.54, 1.807) is 18.2 Å². The number of piperidine rings is 1. The van der Waals surface area contributed by atoms with Gasteiger partial charge in [-0.3, -0.25) is 9.88 Å². The van der Waals surface area contributed by atoms with Crippen LogP contribution >= 0.6 is 0 Å². The first-order valence-corrected chi connectivity index (χ1v) is 10.5. The van der Waals surface area contributed by atoms with Gasteiger partial charge in [-0.15, -0.1) is 0 Å². The van der Waals surface area contributed by atoms with Crippen LogP contribution in [0.15, 0.2) is 54.7 Å². The number of aromatic nitrogens is 3. The Kier molecular flexibility index (Phi) is 6.66. The molecule has 1 aliphatic heterocycles. The minimum Gasteiger partial charge on any atom is -0.393 e. The van der Waals surface area contributed by atoms with Crippen molar-refractivity contribution in [3.05, 3.63) is 71.5 Å². The van der Waals surface area contributed by atoms with Gasteiger partial charge in [-0.1, -0.05) is 30.3 Å². The van der Waals surface area contributed by atoms with Crippen molar-refractivity contribution in [2.45, 2.75) is 38.2 Å². The van der Waals surface area contributed by atoms with Crippen molar-refractivity contribution in [2.75, 3.05) is 18.4 Å². The lowest BCUT2D eigenvalue weighted by molar-refractivity contribution is -0.141. The van der Waals surface area contributed by atoms with Gasteiger partial charge in [0.15, 0.2) is 11.5 Å². The summed E-state index contributed by atoms with van der Waals surface area (Å²) in [5.74, 6) is 0.00644. The number of hydrogen-bond donors (Lipinski definition) is 2. The highest BCUT2D eigenvalue weighted by Crippen LogP contribution is 2.30. The molecule has 168 valence electrons. The second-order valence-corrected chi connectivity index (χ2v) is 7.80. The van der Waals surface area contributed by atoms with Crippen molar-refractivity contribution >= 4 is 5.82 Å². The number of anilines is 1. The molecule has 0 unspecified atom stereocenters. The smallest absolute Gasteiger partial charge is 0.393 e. The fourth-order valence-electron chi connectivity index (χ4n) is 3.68. The number of aliphatic hydroxyl groups excluding tert-OH is 1. The zero-order chi connectivity index (χ0) is 22.6. The number of aliphatic hydroxyl groups is 1. The third-order valence-electron chi connectivity index (χ3n) is 5.44. The highest BCUT2D eigenvalue weighted by molar-refractivity contribution is 5.53. The molecule has 2 aromatic heterocycles. The van der Waals surface area contributed by atoms with Crippen LogP contribution in [0.5, 0.6) is 0 Å². The van der Waals surface area contributed by atoms with Gasteiger partial charge in [0.05, 0.1) is 6.10 Å². The SMILES string of the molecule is OC1CCN(Cc2ccccc2CNc2cc(C(F)(F)F)nc(-c3ccccn3)n2)CC1. The Bertz CT molecular complexity index is 1040. The first-order valence-electron chi connectivity index (χ1n) is 10.5. The standard InChI is InChI=1S/C23H24F3N5O/c24-23(25,26)20-13-21(30-22(29-20)19-7-3-4-10-27-19)28-14-16-5-1-2-6-17(16)15-31-11-8-18(32)9-12-31/h1-7,10,13,18,32H,8-9,11-12,14-15H2,(H,28,29,30). The van der Waals surface area contributed by atoms with Crippen LogP contribution in [0.25, 0.3) is 11.5 Å². The minimum atomic E-state index is -4.60. The number of nitrogens with zero attached hydrogens (tertiary/aromatic N) is 4. The van der Waals surface area contributed by atoms with Gasteiger partial charge in [0.2, 0.25) is 0 Å². The topological polar surface area (TPSA) is 74.2 Å². The molecule has 3 heterocycles. The molecule has 1 aliphatic rings. The molecule has 4 rings (SSSR count). The van der Waals surface area contributed by atoms with E-state index < -0.39 is 11.9 Å². The monoisotopic (exact) mass is 443 g/mol. The van der Waals surface area contributed by atoms with Crippen molar-refractivity contribution in [1.29, 1.82) is 0 Å². The fourth-order valence-corrected chi connectivity index (χ4v) is 3.68. The summed E-state index contributed by atoms with van der Waals surface area (Å²) >= 11 is 0. The third-order valence-corrected chi connectivity index (χ3v) is 5.44. The van der Waals surface area contributed by atoms with Crippen molar-refractivity contribution in [3.63, 3.8) is 0 Å². The van der Waals surface area contributed by atoms with Gasteiger partial charge in [0.25, 0.3) is 0 Å². The highest BCUT2D eigenvalue weighted by Gasteiger charge is 2.34. The van der Waals surface area contributed by atoms with Gasteiger partial charge in [-0.05, 0) is 36.1 Å². The molecular weight excluding hydrogens is 419 g/mol. The van der Waals surface area contributed by atoms with E-state index in [0.29, 0.717) is 6.54 Å². The van der Waals surface area contributed by atoms with Gasteiger partial charge in [-0.2, -0.15) is 13.2 Å². The molecule has 0 aliphatic carbocycles. The largest absolute Gasteiger partial charge is 0.433 e. The van der Waals surface area contributed by atoms with Crippen molar-refractivity contribution in [2.24, 2.45) is 0 Å². The molecule has 32 heavy (non-hydrogen) atoms. The molecule has 1 aromatic carbocycles. The van der Waals surface area contributed by atoms with Crippen LogP contribution in [0.2, 0.25) is 0 Å². The van der Waals surface area contributed by atoms with E-state index in [9.17, 15) is 18.3 Å². The van der Waals surface area contributed by atoms with Crippen LogP contribution in [0.1, 0.15) is 29.7 Å². The lowest BCUT2D eigenvalue weighted by atomic mass is 10.0. The predicted octanol–water partition coefficient (Wildman–Crippen LogP) is 4.13. The summed E-state index contributed by atoms with van der Waals surface area (Å²) in [6, 6.07) is 13.7. The molecule has 0 atom stereocenters. The molecule has 3 aromatic rings. The average Bonchev–Trinajstić information content (AvgIpc) is 2.80. The number of benzene rings is 1. The molecule has 2 N–H and O–H groups in total. The maximum Gasteiger partial charge on any atom is 0.433 e. The van der Waals surface area contributed by atoms with Gasteiger partial charge in [0, 0.05) is 38.4 Å². The maximum atomic E-state index is 13.4. The average molecular weight is 443 g/mol. The zero-order valence-electron chi connectivity index (χ0n) is 17.4. The van der Waals surface area contributed by atoms with E-state index in [-0.39, 0.29) is 23.4 Å². The van der Waals surface area contributed by atoms with E-state index in [1.807, 2.05) is 24.3 Å². The van der Waals surface area contributed by atoms with Gasteiger partial charge >= 0.3 is 6.18 Å². The first kappa shape index (κ1) is 22.2. The molecule has 9 heteroatoms. The summed E-state index contributed by atoms with van der Waals surface area (Å²) < 4.78 is 40.3. The summed E-state index contributed by atoms with van der Waals surface area (Å²) in [6.45, 7) is 2.68. The number of hydrogen-bond acceptors (Lipinski definition) is 6. The Morgan fingerprint density at radius 3 is 2.41 bits per heavy atom. The molecule has 0 radical (unpaired) electrons. The van der Waals surface area contributed by atoms with Crippen LogP contribution in [0.3, 0.4) is 0 Å². The van der Waals surface area contributed by atoms with Crippen LogP contribution in [0, 0.1) is 0 Å². The van der Waals surface area contributed by atoms with Gasteiger partial charge in [0.1, 0.15) is 11.5 Å². The summed E-state index contributed by atoms with van der Waals surface area (Å²) in [7, 11) is 0. The number of halogens is 3. The Morgan fingerprint density at radius 2 is 1.72 bits per heavy atom. The van der Waals surface area contributed by atoms with Crippen LogP contribution in [-0.2, 0) is 19.3 Å². The van der Waals surface area contributed by atoms with E-state index >= 15 is 0 Å². The Balaban J connectivity index is 1.54. The second-order valence-electron chi connectivity index (χ2n) is 7.80. The van der Waals surface area contributed by atoms with Crippen LogP contribution in [0.4, 0.5) is 19.0 Å². The molecule has 6 nitrogen and oxygen atoms in total. The third kappa shape index (κ3) is 5.60. The molecular formula is C23H24F3N5O. The number of nitrogens with one attached hydrogen (secondary N) is 1. The Hall–Kier alpha value is -3.04. The van der Waals surface area contributed by atoms with E-state index in [0.717, 1.165) is 49.7 Å². The lowest BCUT2D eigenvalue weighted by Crippen LogP contribution is -2.35. The van der Waals surface area contributed by atoms with Crippen molar-refractivity contribution < 1.29 is 18.3 Å². The first-order chi connectivity index (χ1) is 15.4. The van der Waals surface area contributed by atoms with E-state index in [2.05, 4.69) is 25.2 Å². The fraction of sp³-hybridized carbons (Fsp3) is 0.348. The molecule has 1 fully saturated rings. The van der Waals surface area contributed by atoms with E-state index in [1.165, 1.54) is 6.20 Å². The number of pyridine rings is 1. The summed E-state index contributed by atoms with van der Waals surface area (Å²) in [4.78, 5) is 14.3. The van der Waals surface area contributed by atoms with E-state index in [4.69, 9.17) is 0 Å². The number of alkyl halides is 3. The zero-order valence-corrected chi connectivity index (χ0v) is 17.4. The second kappa shape index (κ2) is 9.62. The normalized spacial score (nSPS) is 15.6. The molecule has 0 amide bonds. The summed E-state index contributed by atoms with van der Waals surface area (Å²) in [5, 5.41) is 12.7. The van der Waals surface area contributed by atoms with Crippen LogP contribution in [-0.4, -0.2) is 44.2 Å². The molecule has 0 saturated carbocycles. The van der Waals surface area contributed by atoms with Crippen molar-refractivity contribution in [1.82, 2.24) is 19.9 Å². The Morgan fingerprint density at radius 1 is 1.00 bits per heavy atom.